The summed E-state index contributed by atoms with van der Waals surface area (Å²) in [7, 11) is 5.42. The molecule has 0 radical (unpaired) electrons. The van der Waals surface area contributed by atoms with Crippen LogP contribution in [0.15, 0.2) is 30.0 Å². The summed E-state index contributed by atoms with van der Waals surface area (Å²) in [5, 5.41) is 10.9. The van der Waals surface area contributed by atoms with E-state index in [0.717, 1.165) is 49.3 Å². The van der Waals surface area contributed by atoms with Gasteiger partial charge in [0.15, 0.2) is 11.5 Å². The molecular weight excluding hydrogens is 278 g/mol. The Kier molecular flexibility index (Phi) is 4.04. The third-order valence-electron chi connectivity index (χ3n) is 5.18. The van der Waals surface area contributed by atoms with Crippen molar-refractivity contribution in [3.05, 3.63) is 35.5 Å². The number of para-hydroxylation sites is 1. The van der Waals surface area contributed by atoms with E-state index >= 15 is 0 Å². The molecule has 2 atom stereocenters. The van der Waals surface area contributed by atoms with E-state index < -0.39 is 0 Å². The highest BCUT2D eigenvalue weighted by Crippen LogP contribution is 2.52. The standard InChI is InChI=1S/C18H25NO3/c1-19-11-10-18(13(12-19)6-4-9-16(18)20)14-7-5-8-15(21-2)17(14)22-3/h5,7-8,12,16,20H,4,6,9-11H2,1-3H3/t16-,18?/m1/s1. The van der Waals surface area contributed by atoms with Gasteiger partial charge in [-0.15, -0.1) is 0 Å². The number of aliphatic hydroxyl groups excluding tert-OH is 1. The number of fused-ring (bicyclic) bond motifs is 1. The van der Waals surface area contributed by atoms with E-state index in [2.05, 4.69) is 24.2 Å². The molecular formula is C18H25NO3. The topological polar surface area (TPSA) is 41.9 Å². The van der Waals surface area contributed by atoms with Crippen LogP contribution in [0, 0.1) is 0 Å². The van der Waals surface area contributed by atoms with Crippen LogP contribution in [0.3, 0.4) is 0 Å². The quantitative estimate of drug-likeness (QED) is 0.932. The second-order valence-electron chi connectivity index (χ2n) is 6.31. The van der Waals surface area contributed by atoms with Crippen LogP contribution < -0.4 is 9.47 Å². The molecule has 1 aliphatic heterocycles. The Balaban J connectivity index is 2.20. The van der Waals surface area contributed by atoms with Crippen molar-refractivity contribution >= 4 is 0 Å². The fourth-order valence-corrected chi connectivity index (χ4v) is 4.09. The molecule has 1 heterocycles. The monoisotopic (exact) mass is 303 g/mol. The summed E-state index contributed by atoms with van der Waals surface area (Å²) in [6, 6.07) is 5.98. The fourth-order valence-electron chi connectivity index (χ4n) is 4.09. The summed E-state index contributed by atoms with van der Waals surface area (Å²) in [6.07, 6.45) is 5.64. The van der Waals surface area contributed by atoms with Gasteiger partial charge in [0.1, 0.15) is 0 Å². The molecule has 0 spiro atoms. The van der Waals surface area contributed by atoms with Gasteiger partial charge in [-0.2, -0.15) is 0 Å². The van der Waals surface area contributed by atoms with Crippen molar-refractivity contribution in [2.24, 2.45) is 0 Å². The summed E-state index contributed by atoms with van der Waals surface area (Å²) >= 11 is 0. The predicted octanol–water partition coefficient (Wildman–Crippen LogP) is 2.71. The van der Waals surface area contributed by atoms with E-state index in [4.69, 9.17) is 9.47 Å². The Morgan fingerprint density at radius 1 is 1.27 bits per heavy atom. The van der Waals surface area contributed by atoms with Crippen LogP contribution in [0.1, 0.15) is 31.2 Å². The van der Waals surface area contributed by atoms with Gasteiger partial charge in [-0.3, -0.25) is 0 Å². The van der Waals surface area contributed by atoms with Gasteiger partial charge in [-0.05, 0) is 43.5 Å². The number of methoxy groups -OCH3 is 2. The van der Waals surface area contributed by atoms with Crippen molar-refractivity contribution in [1.29, 1.82) is 0 Å². The molecule has 4 nitrogen and oxygen atoms in total. The average Bonchev–Trinajstić information content (AvgIpc) is 2.54. The van der Waals surface area contributed by atoms with E-state index in [9.17, 15) is 5.11 Å². The molecule has 0 saturated heterocycles. The third kappa shape index (κ3) is 2.17. The van der Waals surface area contributed by atoms with Gasteiger partial charge in [-0.25, -0.2) is 0 Å². The smallest absolute Gasteiger partial charge is 0.164 e. The molecule has 2 aliphatic rings. The maximum absolute atomic E-state index is 10.9. The maximum Gasteiger partial charge on any atom is 0.164 e. The first kappa shape index (κ1) is 15.2. The Morgan fingerprint density at radius 2 is 2.09 bits per heavy atom. The SMILES string of the molecule is COc1cccc(C23CCN(C)C=C2CCC[C@H]3O)c1OC. The summed E-state index contributed by atoms with van der Waals surface area (Å²) in [4.78, 5) is 2.22. The molecule has 1 fully saturated rings. The minimum atomic E-state index is -0.373. The number of nitrogens with zero attached hydrogens (tertiary/aromatic N) is 1. The molecule has 4 heteroatoms. The van der Waals surface area contributed by atoms with E-state index in [1.54, 1.807) is 14.2 Å². The average molecular weight is 303 g/mol. The van der Waals surface area contributed by atoms with Crippen LogP contribution in [0.5, 0.6) is 11.5 Å². The molecule has 3 rings (SSSR count). The van der Waals surface area contributed by atoms with Crippen molar-refractivity contribution in [2.45, 2.75) is 37.2 Å². The van der Waals surface area contributed by atoms with Crippen LogP contribution in [0.4, 0.5) is 0 Å². The number of ether oxygens (including phenoxy) is 2. The van der Waals surface area contributed by atoms with Gasteiger partial charge in [0.25, 0.3) is 0 Å². The normalized spacial score (nSPS) is 27.9. The molecule has 0 amide bonds. The van der Waals surface area contributed by atoms with E-state index in [-0.39, 0.29) is 11.5 Å². The number of hydrogen-bond donors (Lipinski definition) is 1. The lowest BCUT2D eigenvalue weighted by atomic mass is 9.61. The molecule has 22 heavy (non-hydrogen) atoms. The lowest BCUT2D eigenvalue weighted by Gasteiger charge is -2.48. The third-order valence-corrected chi connectivity index (χ3v) is 5.18. The number of hydrogen-bond acceptors (Lipinski definition) is 4. The molecule has 1 aromatic rings. The molecule has 0 bridgehead atoms. The minimum absolute atomic E-state index is 0.343. The van der Waals surface area contributed by atoms with Gasteiger partial charge in [0.2, 0.25) is 0 Å². The highest BCUT2D eigenvalue weighted by atomic mass is 16.5. The summed E-state index contributed by atoms with van der Waals surface area (Å²) in [6.45, 7) is 0.931. The van der Waals surface area contributed by atoms with Crippen molar-refractivity contribution in [3.8, 4) is 11.5 Å². The number of benzene rings is 1. The van der Waals surface area contributed by atoms with Gasteiger partial charge in [-0.1, -0.05) is 12.1 Å². The molecule has 120 valence electrons. The Hall–Kier alpha value is -1.68. The van der Waals surface area contributed by atoms with Gasteiger partial charge in [0, 0.05) is 24.6 Å². The molecule has 1 N–H and O–H groups in total. The first-order chi connectivity index (χ1) is 10.6. The summed E-state index contributed by atoms with van der Waals surface area (Å²) < 4.78 is 11.1. The molecule has 1 aliphatic carbocycles. The first-order valence-corrected chi connectivity index (χ1v) is 7.94. The minimum Gasteiger partial charge on any atom is -0.493 e. The first-order valence-electron chi connectivity index (χ1n) is 7.94. The predicted molar refractivity (Wildman–Crippen MR) is 86.4 cm³/mol. The Labute approximate surface area is 132 Å². The fraction of sp³-hybridized carbons (Fsp3) is 0.556. The van der Waals surface area contributed by atoms with Gasteiger partial charge in [0.05, 0.1) is 20.3 Å². The van der Waals surface area contributed by atoms with Gasteiger partial charge < -0.3 is 19.5 Å². The Bertz CT molecular complexity index is 584. The van der Waals surface area contributed by atoms with Crippen LogP contribution in [0.25, 0.3) is 0 Å². The second-order valence-corrected chi connectivity index (χ2v) is 6.31. The zero-order valence-corrected chi connectivity index (χ0v) is 13.6. The van der Waals surface area contributed by atoms with Crippen molar-refractivity contribution in [3.63, 3.8) is 0 Å². The lowest BCUT2D eigenvalue weighted by molar-refractivity contribution is 0.0549. The van der Waals surface area contributed by atoms with Crippen LogP contribution in [0.2, 0.25) is 0 Å². The van der Waals surface area contributed by atoms with E-state index in [1.807, 2.05) is 12.1 Å². The zero-order valence-electron chi connectivity index (χ0n) is 13.6. The second kappa shape index (κ2) is 5.84. The largest absolute Gasteiger partial charge is 0.493 e. The molecule has 0 aromatic heterocycles. The van der Waals surface area contributed by atoms with Crippen LogP contribution in [-0.4, -0.2) is 43.9 Å². The highest BCUT2D eigenvalue weighted by molar-refractivity contribution is 5.55. The van der Waals surface area contributed by atoms with Crippen molar-refractivity contribution in [1.82, 2.24) is 4.90 Å². The summed E-state index contributed by atoms with van der Waals surface area (Å²) in [5.74, 6) is 1.48. The maximum atomic E-state index is 10.9. The zero-order chi connectivity index (χ0) is 15.7. The molecule has 1 saturated carbocycles. The van der Waals surface area contributed by atoms with E-state index in [0.29, 0.717) is 0 Å². The highest BCUT2D eigenvalue weighted by Gasteiger charge is 2.48. The number of aliphatic hydroxyl groups is 1. The lowest BCUT2D eigenvalue weighted by Crippen LogP contribution is -2.49. The van der Waals surface area contributed by atoms with Crippen LogP contribution >= 0.6 is 0 Å². The number of rotatable bonds is 3. The Morgan fingerprint density at radius 3 is 2.82 bits per heavy atom. The van der Waals surface area contributed by atoms with Crippen LogP contribution in [-0.2, 0) is 5.41 Å². The molecule has 1 unspecified atom stereocenters. The molecule has 1 aromatic carbocycles. The van der Waals surface area contributed by atoms with Crippen molar-refractivity contribution in [2.75, 3.05) is 27.8 Å². The van der Waals surface area contributed by atoms with Crippen molar-refractivity contribution < 1.29 is 14.6 Å². The van der Waals surface area contributed by atoms with E-state index in [1.165, 1.54) is 5.57 Å². The van der Waals surface area contributed by atoms with Gasteiger partial charge >= 0.3 is 0 Å². The summed E-state index contributed by atoms with van der Waals surface area (Å²) in [5.41, 5.74) is 2.03.